The lowest BCUT2D eigenvalue weighted by molar-refractivity contribution is -0.131. The van der Waals surface area contributed by atoms with Crippen LogP contribution in [0.25, 0.3) is 10.9 Å². The summed E-state index contributed by atoms with van der Waals surface area (Å²) in [5, 5.41) is 9.14. The first-order valence-corrected chi connectivity index (χ1v) is 12.7. The molecule has 0 bridgehead atoms. The molecule has 8 nitrogen and oxygen atoms in total. The Balaban J connectivity index is 1.72. The quantitative estimate of drug-likeness (QED) is 0.423. The van der Waals surface area contributed by atoms with E-state index in [2.05, 4.69) is 22.5 Å². The summed E-state index contributed by atoms with van der Waals surface area (Å²) in [6, 6.07) is 1.92. The molecule has 2 aromatic rings. The predicted molar refractivity (Wildman–Crippen MR) is 139 cm³/mol. The number of halogens is 2. The first-order valence-electron chi connectivity index (χ1n) is 12.7. The zero-order valence-electron chi connectivity index (χ0n) is 21.9. The lowest BCUT2D eigenvalue weighted by Gasteiger charge is -2.32. The molecule has 1 aromatic heterocycles. The van der Waals surface area contributed by atoms with E-state index in [0.717, 1.165) is 44.2 Å². The van der Waals surface area contributed by atoms with E-state index in [1.165, 1.54) is 15.5 Å². The zero-order chi connectivity index (χ0) is 27.3. The lowest BCUT2D eigenvalue weighted by Crippen LogP contribution is -2.57. The molecule has 1 aliphatic rings. The van der Waals surface area contributed by atoms with E-state index in [1.54, 1.807) is 34.1 Å². The Bertz CT molecular complexity index is 1160. The molecular weight excluding hydrogens is 480 g/mol. The Morgan fingerprint density at radius 1 is 1.11 bits per heavy atom. The van der Waals surface area contributed by atoms with Crippen molar-refractivity contribution in [1.29, 1.82) is 0 Å². The SMILES string of the molecule is C=C[C@H](CN(C)C(=O)c1cc2cc(F)c(F)cc2n1C)NC(=O)C(NC(=O)[C@H](C)NC)C1CCCCC1. The summed E-state index contributed by atoms with van der Waals surface area (Å²) < 4.78 is 28.9. The number of carbonyl (C=O) groups excluding carboxylic acids is 3. The van der Waals surface area contributed by atoms with Crippen molar-refractivity contribution in [2.75, 3.05) is 20.6 Å². The second-order valence-corrected chi connectivity index (χ2v) is 9.84. The van der Waals surface area contributed by atoms with E-state index in [1.807, 2.05) is 0 Å². The predicted octanol–water partition coefficient (Wildman–Crippen LogP) is 2.87. The third-order valence-electron chi connectivity index (χ3n) is 7.26. The van der Waals surface area contributed by atoms with Crippen molar-refractivity contribution in [2.45, 2.75) is 57.2 Å². The number of benzene rings is 1. The lowest BCUT2D eigenvalue weighted by atomic mass is 9.83. The number of fused-ring (bicyclic) bond motifs is 1. The Labute approximate surface area is 216 Å². The van der Waals surface area contributed by atoms with Gasteiger partial charge in [-0.3, -0.25) is 14.4 Å². The van der Waals surface area contributed by atoms with Crippen LogP contribution in [0.2, 0.25) is 0 Å². The third kappa shape index (κ3) is 6.54. The van der Waals surface area contributed by atoms with Gasteiger partial charge >= 0.3 is 0 Å². The normalized spacial score (nSPS) is 16.6. The first-order chi connectivity index (χ1) is 17.6. The van der Waals surface area contributed by atoms with Gasteiger partial charge in [0.15, 0.2) is 11.6 Å². The molecule has 1 fully saturated rings. The second-order valence-electron chi connectivity index (χ2n) is 9.84. The minimum Gasteiger partial charge on any atom is -0.346 e. The minimum absolute atomic E-state index is 0.0307. The molecule has 3 rings (SSSR count). The second kappa shape index (κ2) is 12.3. The third-order valence-corrected chi connectivity index (χ3v) is 7.26. The summed E-state index contributed by atoms with van der Waals surface area (Å²) in [6.45, 7) is 5.66. The van der Waals surface area contributed by atoms with E-state index >= 15 is 0 Å². The van der Waals surface area contributed by atoms with Crippen molar-refractivity contribution in [3.63, 3.8) is 0 Å². The fourth-order valence-electron chi connectivity index (χ4n) is 4.84. The number of rotatable bonds is 10. The van der Waals surface area contributed by atoms with Crippen molar-refractivity contribution < 1.29 is 23.2 Å². The molecule has 0 radical (unpaired) electrons. The van der Waals surface area contributed by atoms with Crippen molar-refractivity contribution in [3.8, 4) is 0 Å². The summed E-state index contributed by atoms with van der Waals surface area (Å²) in [6.07, 6.45) is 6.38. The Hall–Kier alpha value is -3.27. The van der Waals surface area contributed by atoms with Gasteiger partial charge in [0.25, 0.3) is 5.91 Å². The molecule has 37 heavy (non-hydrogen) atoms. The number of carbonyl (C=O) groups is 3. The highest BCUT2D eigenvalue weighted by Crippen LogP contribution is 2.27. The van der Waals surface area contributed by atoms with E-state index in [0.29, 0.717) is 10.9 Å². The summed E-state index contributed by atoms with van der Waals surface area (Å²) in [7, 11) is 4.87. The highest BCUT2D eigenvalue weighted by molar-refractivity contribution is 5.98. The Kier molecular flexibility index (Phi) is 9.42. The van der Waals surface area contributed by atoms with Crippen LogP contribution in [0.15, 0.2) is 30.9 Å². The van der Waals surface area contributed by atoms with Gasteiger partial charge in [0.2, 0.25) is 11.8 Å². The van der Waals surface area contributed by atoms with Gasteiger partial charge in [0, 0.05) is 32.1 Å². The molecule has 1 heterocycles. The van der Waals surface area contributed by atoms with Crippen molar-refractivity contribution >= 4 is 28.6 Å². The summed E-state index contributed by atoms with van der Waals surface area (Å²) >= 11 is 0. The Morgan fingerprint density at radius 3 is 2.38 bits per heavy atom. The van der Waals surface area contributed by atoms with Crippen molar-refractivity contribution in [1.82, 2.24) is 25.4 Å². The van der Waals surface area contributed by atoms with Crippen molar-refractivity contribution in [2.24, 2.45) is 13.0 Å². The molecule has 1 aromatic carbocycles. The maximum Gasteiger partial charge on any atom is 0.270 e. The number of aromatic nitrogens is 1. The molecule has 3 atom stereocenters. The summed E-state index contributed by atoms with van der Waals surface area (Å²) in [5.74, 6) is -2.88. The van der Waals surface area contributed by atoms with Crippen LogP contribution in [0, 0.1) is 17.6 Å². The fourth-order valence-corrected chi connectivity index (χ4v) is 4.84. The maximum absolute atomic E-state index is 13.7. The van der Waals surface area contributed by atoms with Gasteiger partial charge in [-0.25, -0.2) is 8.78 Å². The number of likely N-dealkylation sites (N-methyl/N-ethyl adjacent to an activating group) is 2. The molecule has 1 unspecified atom stereocenters. The van der Waals surface area contributed by atoms with Crippen LogP contribution in [0.4, 0.5) is 8.78 Å². The van der Waals surface area contributed by atoms with Crippen LogP contribution >= 0.6 is 0 Å². The first kappa shape index (κ1) is 28.3. The van der Waals surface area contributed by atoms with Crippen LogP contribution < -0.4 is 16.0 Å². The number of hydrogen-bond donors (Lipinski definition) is 3. The van der Waals surface area contributed by atoms with Crippen LogP contribution in [0.1, 0.15) is 49.5 Å². The number of hydrogen-bond acceptors (Lipinski definition) is 4. The molecule has 1 aliphatic carbocycles. The molecule has 10 heteroatoms. The largest absolute Gasteiger partial charge is 0.346 e. The van der Waals surface area contributed by atoms with Crippen LogP contribution in [0.3, 0.4) is 0 Å². The van der Waals surface area contributed by atoms with Gasteiger partial charge in [-0.2, -0.15) is 0 Å². The smallest absolute Gasteiger partial charge is 0.270 e. The minimum atomic E-state index is -0.987. The zero-order valence-corrected chi connectivity index (χ0v) is 21.9. The molecule has 0 spiro atoms. The van der Waals surface area contributed by atoms with Gasteiger partial charge in [-0.1, -0.05) is 25.3 Å². The Morgan fingerprint density at radius 2 is 1.76 bits per heavy atom. The van der Waals surface area contributed by atoms with E-state index in [9.17, 15) is 23.2 Å². The molecule has 3 amide bonds. The van der Waals surface area contributed by atoms with E-state index in [-0.39, 0.29) is 35.9 Å². The average molecular weight is 518 g/mol. The summed E-state index contributed by atoms with van der Waals surface area (Å²) in [5.41, 5.74) is 0.649. The van der Waals surface area contributed by atoms with Gasteiger partial charge in [0.05, 0.1) is 17.6 Å². The monoisotopic (exact) mass is 517 g/mol. The average Bonchev–Trinajstić information content (AvgIpc) is 3.20. The molecule has 202 valence electrons. The summed E-state index contributed by atoms with van der Waals surface area (Å²) in [4.78, 5) is 40.5. The molecular formula is C27H37F2N5O3. The van der Waals surface area contributed by atoms with Crippen LogP contribution in [-0.2, 0) is 16.6 Å². The topological polar surface area (TPSA) is 95.5 Å². The van der Waals surface area contributed by atoms with Gasteiger partial charge in [-0.15, -0.1) is 6.58 Å². The van der Waals surface area contributed by atoms with Crippen molar-refractivity contribution in [3.05, 3.63) is 48.2 Å². The highest BCUT2D eigenvalue weighted by Gasteiger charge is 2.33. The number of aryl methyl sites for hydroxylation is 1. The number of amides is 3. The van der Waals surface area contributed by atoms with Gasteiger partial charge in [0.1, 0.15) is 11.7 Å². The number of nitrogens with zero attached hydrogens (tertiary/aromatic N) is 2. The van der Waals surface area contributed by atoms with Gasteiger partial charge < -0.3 is 25.4 Å². The van der Waals surface area contributed by atoms with Crippen LogP contribution in [-0.4, -0.2) is 66.0 Å². The molecule has 3 N–H and O–H groups in total. The van der Waals surface area contributed by atoms with Gasteiger partial charge in [-0.05, 0) is 44.9 Å². The van der Waals surface area contributed by atoms with E-state index < -0.39 is 29.8 Å². The fraction of sp³-hybridized carbons (Fsp3) is 0.519. The number of nitrogens with one attached hydrogen (secondary N) is 3. The molecule has 0 saturated heterocycles. The molecule has 0 aliphatic heterocycles. The molecule has 1 saturated carbocycles. The highest BCUT2D eigenvalue weighted by atomic mass is 19.2. The standard InChI is InChI=1S/C27H37F2N5O3/c1-6-19(31-26(36)24(17-10-8-7-9-11-17)32-25(35)16(2)30-3)15-33(4)27(37)23-13-18-12-20(28)21(29)14-22(18)34(23)5/h6,12-14,16-17,19,24,30H,1,7-11,15H2,2-5H3,(H,31,36)(H,32,35)/t16-,19+,24?/m0/s1. The van der Waals surface area contributed by atoms with Crippen LogP contribution in [0.5, 0.6) is 0 Å². The van der Waals surface area contributed by atoms with E-state index in [4.69, 9.17) is 0 Å². The maximum atomic E-state index is 13.7.